The minimum absolute atomic E-state index is 0.290. The Morgan fingerprint density at radius 1 is 0.875 bits per heavy atom. The number of rotatable bonds is 10. The first-order valence-corrected chi connectivity index (χ1v) is 11.8. The van der Waals surface area contributed by atoms with Crippen LogP contribution in [0, 0.1) is 0 Å². The van der Waals surface area contributed by atoms with Gasteiger partial charge in [-0.25, -0.2) is 4.98 Å². The van der Waals surface area contributed by atoms with E-state index in [9.17, 15) is 5.11 Å². The number of aliphatic hydroxyl groups is 1. The van der Waals surface area contributed by atoms with Crippen LogP contribution in [0.25, 0.3) is 0 Å². The molecule has 4 aromatic rings. The summed E-state index contributed by atoms with van der Waals surface area (Å²) in [4.78, 5) is 8.01. The fourth-order valence-corrected chi connectivity index (χ4v) is 4.57. The number of thioether (sulfide) groups is 1. The van der Waals surface area contributed by atoms with E-state index in [4.69, 9.17) is 4.42 Å². The number of benzene rings is 3. The van der Waals surface area contributed by atoms with Gasteiger partial charge in [0.15, 0.2) is 5.60 Å². The molecule has 0 radical (unpaired) electrons. The highest BCUT2D eigenvalue weighted by atomic mass is 32.2. The summed E-state index contributed by atoms with van der Waals surface area (Å²) in [5.74, 6) is 2.10. The number of aromatic nitrogens is 1. The first-order chi connectivity index (χ1) is 15.7. The Balaban J connectivity index is 1.42. The van der Waals surface area contributed by atoms with Crippen molar-refractivity contribution in [3.8, 4) is 0 Å². The quantitative estimate of drug-likeness (QED) is 0.256. The normalized spacial score (nSPS) is 11.7. The lowest BCUT2D eigenvalue weighted by atomic mass is 9.86. The lowest BCUT2D eigenvalue weighted by Crippen LogP contribution is -2.29. The predicted molar refractivity (Wildman–Crippen MR) is 130 cm³/mol. The van der Waals surface area contributed by atoms with Gasteiger partial charge in [0, 0.05) is 4.90 Å². The Morgan fingerprint density at radius 3 is 2.03 bits per heavy atom. The number of nitrogens with zero attached hydrogens (tertiary/aromatic N) is 2. The molecule has 1 N–H and O–H groups in total. The molecule has 32 heavy (non-hydrogen) atoms. The zero-order chi connectivity index (χ0) is 22.2. The van der Waals surface area contributed by atoms with Crippen molar-refractivity contribution in [1.82, 2.24) is 9.88 Å². The van der Waals surface area contributed by atoms with Crippen LogP contribution in [0.4, 0.5) is 0 Å². The van der Waals surface area contributed by atoms with Crippen LogP contribution in [0.3, 0.4) is 0 Å². The maximum atomic E-state index is 11.8. The zero-order valence-corrected chi connectivity index (χ0v) is 19.0. The second-order valence-electron chi connectivity index (χ2n) is 7.83. The molecule has 0 unspecified atom stereocenters. The molecule has 0 saturated heterocycles. The Morgan fingerprint density at radius 2 is 1.44 bits per heavy atom. The Labute approximate surface area is 193 Å². The molecule has 3 aromatic carbocycles. The largest absolute Gasteiger partial charge is 0.441 e. The second-order valence-corrected chi connectivity index (χ2v) is 9.00. The molecule has 1 aromatic heterocycles. The first-order valence-electron chi connectivity index (χ1n) is 10.8. The van der Waals surface area contributed by atoms with Crippen LogP contribution in [0.5, 0.6) is 0 Å². The molecule has 4 rings (SSSR count). The summed E-state index contributed by atoms with van der Waals surface area (Å²) in [7, 11) is 2.08. The molecule has 1 heterocycles. The highest BCUT2D eigenvalue weighted by Crippen LogP contribution is 2.36. The van der Waals surface area contributed by atoms with Crippen molar-refractivity contribution >= 4 is 11.8 Å². The molecule has 5 heteroatoms. The highest BCUT2D eigenvalue weighted by Gasteiger charge is 2.38. The summed E-state index contributed by atoms with van der Waals surface area (Å²) in [6, 6.07) is 29.6. The summed E-state index contributed by atoms with van der Waals surface area (Å²) in [6.07, 6.45) is 2.80. The molecule has 0 aliphatic heterocycles. The number of hydrogen-bond donors (Lipinski definition) is 1. The molecule has 0 bridgehead atoms. The smallest absolute Gasteiger partial charge is 0.236 e. The Bertz CT molecular complexity index is 1040. The summed E-state index contributed by atoms with van der Waals surface area (Å²) in [5.41, 5.74) is 0.0165. The number of hydrogen-bond acceptors (Lipinski definition) is 5. The third-order valence-corrected chi connectivity index (χ3v) is 6.47. The van der Waals surface area contributed by atoms with Crippen LogP contribution in [-0.4, -0.2) is 34.3 Å². The third kappa shape index (κ3) is 5.30. The Hall–Kier alpha value is -2.86. The van der Waals surface area contributed by atoms with Crippen molar-refractivity contribution in [3.63, 3.8) is 0 Å². The average molecular weight is 445 g/mol. The molecule has 0 saturated carbocycles. The summed E-state index contributed by atoms with van der Waals surface area (Å²) in [5, 5.41) is 11.8. The molecular weight excluding hydrogens is 416 g/mol. The van der Waals surface area contributed by atoms with Crippen LogP contribution in [-0.2, 0) is 12.1 Å². The van der Waals surface area contributed by atoms with Gasteiger partial charge in [-0.2, -0.15) is 0 Å². The van der Waals surface area contributed by atoms with E-state index in [0.717, 1.165) is 35.6 Å². The molecule has 0 amide bonds. The maximum Gasteiger partial charge on any atom is 0.236 e. The van der Waals surface area contributed by atoms with E-state index in [1.165, 1.54) is 4.90 Å². The van der Waals surface area contributed by atoms with Crippen LogP contribution in [0.2, 0.25) is 0 Å². The van der Waals surface area contributed by atoms with Gasteiger partial charge in [0.2, 0.25) is 5.89 Å². The zero-order valence-electron chi connectivity index (χ0n) is 18.2. The standard InChI is InChI=1S/C27H28N2O2S/c1-29(18-11-19-32-25-16-9-4-10-17-25)21-24-20-28-26(31-24)27(30,22-12-5-2-6-13-22)23-14-7-3-8-15-23/h2-10,12-17,20,30H,11,18-19,21H2,1H3. The van der Waals surface area contributed by atoms with Crippen LogP contribution in [0.1, 0.15) is 29.2 Å². The monoisotopic (exact) mass is 444 g/mol. The van der Waals surface area contributed by atoms with Crippen molar-refractivity contribution < 1.29 is 9.52 Å². The van der Waals surface area contributed by atoms with Gasteiger partial charge in [0.05, 0.1) is 12.7 Å². The minimum Gasteiger partial charge on any atom is -0.441 e. The molecule has 0 fully saturated rings. The van der Waals surface area contributed by atoms with E-state index in [1.54, 1.807) is 6.20 Å². The van der Waals surface area contributed by atoms with E-state index < -0.39 is 5.60 Å². The predicted octanol–water partition coefficient (Wildman–Crippen LogP) is 5.57. The van der Waals surface area contributed by atoms with Crippen LogP contribution >= 0.6 is 11.8 Å². The molecule has 4 nitrogen and oxygen atoms in total. The van der Waals surface area contributed by atoms with E-state index in [0.29, 0.717) is 6.54 Å². The summed E-state index contributed by atoms with van der Waals surface area (Å²) < 4.78 is 6.10. The second kappa shape index (κ2) is 10.6. The van der Waals surface area contributed by atoms with E-state index >= 15 is 0 Å². The van der Waals surface area contributed by atoms with Crippen molar-refractivity contribution in [1.29, 1.82) is 0 Å². The first kappa shape index (κ1) is 22.3. The Kier molecular flexibility index (Phi) is 7.43. The molecule has 0 spiro atoms. The maximum absolute atomic E-state index is 11.8. The molecule has 0 aliphatic carbocycles. The summed E-state index contributed by atoms with van der Waals surface area (Å²) >= 11 is 1.88. The molecular formula is C27H28N2O2S. The SMILES string of the molecule is CN(CCCSc1ccccc1)Cc1cnc(C(O)(c2ccccc2)c2ccccc2)o1. The number of oxazole rings is 1. The van der Waals surface area contributed by atoms with Gasteiger partial charge < -0.3 is 9.52 Å². The highest BCUT2D eigenvalue weighted by molar-refractivity contribution is 7.99. The van der Waals surface area contributed by atoms with Crippen molar-refractivity contribution in [3.05, 3.63) is 120 Å². The minimum atomic E-state index is -1.44. The van der Waals surface area contributed by atoms with Crippen molar-refractivity contribution in [2.75, 3.05) is 19.3 Å². The van der Waals surface area contributed by atoms with Gasteiger partial charge in [-0.15, -0.1) is 11.8 Å². The van der Waals surface area contributed by atoms with Gasteiger partial charge in [-0.05, 0) is 49.0 Å². The fourth-order valence-electron chi connectivity index (χ4n) is 3.71. The fraction of sp³-hybridized carbons (Fsp3) is 0.222. The third-order valence-electron chi connectivity index (χ3n) is 5.37. The van der Waals surface area contributed by atoms with Gasteiger partial charge in [-0.3, -0.25) is 4.90 Å². The summed E-state index contributed by atoms with van der Waals surface area (Å²) in [6.45, 7) is 1.60. The molecule has 0 atom stereocenters. The van der Waals surface area contributed by atoms with Gasteiger partial charge in [0.25, 0.3) is 0 Å². The van der Waals surface area contributed by atoms with Gasteiger partial charge in [0.1, 0.15) is 5.76 Å². The molecule has 0 aliphatic rings. The van der Waals surface area contributed by atoms with Crippen molar-refractivity contribution in [2.24, 2.45) is 0 Å². The topological polar surface area (TPSA) is 49.5 Å². The van der Waals surface area contributed by atoms with E-state index in [2.05, 4.69) is 41.2 Å². The lowest BCUT2D eigenvalue weighted by Gasteiger charge is -2.26. The van der Waals surface area contributed by atoms with Gasteiger partial charge >= 0.3 is 0 Å². The van der Waals surface area contributed by atoms with E-state index in [-0.39, 0.29) is 5.89 Å². The van der Waals surface area contributed by atoms with Gasteiger partial charge in [-0.1, -0.05) is 78.9 Å². The van der Waals surface area contributed by atoms with Crippen LogP contribution < -0.4 is 0 Å². The van der Waals surface area contributed by atoms with Crippen LogP contribution in [0.15, 0.2) is 107 Å². The average Bonchev–Trinajstić information content (AvgIpc) is 3.32. The molecule has 164 valence electrons. The lowest BCUT2D eigenvalue weighted by molar-refractivity contribution is 0.0900. The van der Waals surface area contributed by atoms with Crippen molar-refractivity contribution in [2.45, 2.75) is 23.5 Å². The van der Waals surface area contributed by atoms with E-state index in [1.807, 2.05) is 78.5 Å².